The van der Waals surface area contributed by atoms with Gasteiger partial charge in [0.1, 0.15) is 0 Å². The first-order chi connectivity index (χ1) is 8.31. The largest absolute Gasteiger partial charge is 0.307 e. The lowest BCUT2D eigenvalue weighted by Crippen LogP contribution is -2.34. The van der Waals surface area contributed by atoms with Crippen LogP contribution in [0.1, 0.15) is 57.6 Å². The normalized spacial score (nSPS) is 26.0. The van der Waals surface area contributed by atoms with Gasteiger partial charge in [-0.1, -0.05) is 57.0 Å². The van der Waals surface area contributed by atoms with Crippen molar-refractivity contribution in [1.29, 1.82) is 0 Å². The van der Waals surface area contributed by atoms with E-state index in [-0.39, 0.29) is 0 Å². The minimum absolute atomic E-state index is 0.548. The number of benzene rings is 1. The summed E-state index contributed by atoms with van der Waals surface area (Å²) >= 11 is 0. The van der Waals surface area contributed by atoms with Gasteiger partial charge in [0.25, 0.3) is 0 Å². The van der Waals surface area contributed by atoms with E-state index in [1.54, 1.807) is 0 Å². The van der Waals surface area contributed by atoms with Crippen molar-refractivity contribution in [2.24, 2.45) is 5.92 Å². The second kappa shape index (κ2) is 6.20. The van der Waals surface area contributed by atoms with Crippen LogP contribution in [0.3, 0.4) is 0 Å². The molecule has 1 nitrogen and oxygen atoms in total. The molecule has 0 bridgehead atoms. The molecule has 3 atom stereocenters. The van der Waals surface area contributed by atoms with E-state index < -0.39 is 0 Å². The Morgan fingerprint density at radius 1 is 1.24 bits per heavy atom. The van der Waals surface area contributed by atoms with Crippen molar-refractivity contribution in [2.45, 2.75) is 58.0 Å². The molecule has 0 spiro atoms. The van der Waals surface area contributed by atoms with Gasteiger partial charge in [-0.3, -0.25) is 0 Å². The average Bonchev–Trinajstić information content (AvgIpc) is 2.76. The van der Waals surface area contributed by atoms with Crippen LogP contribution in [-0.4, -0.2) is 6.04 Å². The molecule has 94 valence electrons. The van der Waals surface area contributed by atoms with Gasteiger partial charge in [-0.2, -0.15) is 0 Å². The van der Waals surface area contributed by atoms with Crippen molar-refractivity contribution in [3.05, 3.63) is 35.9 Å². The molecule has 1 aliphatic carbocycles. The molecule has 0 aromatic heterocycles. The van der Waals surface area contributed by atoms with Crippen LogP contribution in [0.4, 0.5) is 0 Å². The Morgan fingerprint density at radius 2 is 2.00 bits per heavy atom. The summed E-state index contributed by atoms with van der Waals surface area (Å²) in [4.78, 5) is 0. The molecular weight excluding hydrogens is 206 g/mol. The molecule has 1 aromatic carbocycles. The van der Waals surface area contributed by atoms with Crippen molar-refractivity contribution in [2.75, 3.05) is 0 Å². The second-order valence-corrected chi connectivity index (χ2v) is 5.43. The molecule has 17 heavy (non-hydrogen) atoms. The summed E-state index contributed by atoms with van der Waals surface area (Å²) in [6.07, 6.45) is 6.63. The molecule has 0 saturated heterocycles. The summed E-state index contributed by atoms with van der Waals surface area (Å²) in [5, 5.41) is 3.88. The summed E-state index contributed by atoms with van der Waals surface area (Å²) < 4.78 is 0. The molecule has 2 rings (SSSR count). The first-order valence-corrected chi connectivity index (χ1v) is 7.12. The smallest absolute Gasteiger partial charge is 0.0322 e. The van der Waals surface area contributed by atoms with Gasteiger partial charge in [0.15, 0.2) is 0 Å². The number of hydrogen-bond acceptors (Lipinski definition) is 1. The highest BCUT2D eigenvalue weighted by Gasteiger charge is 2.25. The molecule has 0 heterocycles. The third kappa shape index (κ3) is 3.32. The van der Waals surface area contributed by atoms with Crippen LogP contribution in [0.5, 0.6) is 0 Å². The molecular formula is C16H25N. The Morgan fingerprint density at radius 3 is 2.59 bits per heavy atom. The van der Waals surface area contributed by atoms with E-state index in [9.17, 15) is 0 Å². The maximum absolute atomic E-state index is 3.88. The molecule has 1 fully saturated rings. The monoisotopic (exact) mass is 231 g/mol. The van der Waals surface area contributed by atoms with Crippen LogP contribution < -0.4 is 5.32 Å². The zero-order valence-corrected chi connectivity index (χ0v) is 11.2. The fraction of sp³-hybridized carbons (Fsp3) is 0.625. The van der Waals surface area contributed by atoms with Gasteiger partial charge < -0.3 is 5.32 Å². The number of nitrogens with one attached hydrogen (secondary N) is 1. The van der Waals surface area contributed by atoms with Crippen LogP contribution in [0, 0.1) is 5.92 Å². The van der Waals surface area contributed by atoms with Crippen molar-refractivity contribution in [1.82, 2.24) is 5.32 Å². The van der Waals surface area contributed by atoms with E-state index in [0.29, 0.717) is 6.04 Å². The minimum atomic E-state index is 0.548. The zero-order valence-electron chi connectivity index (χ0n) is 11.2. The SMILES string of the molecule is CCCC(NC1CCCC1C)c1ccccc1. The highest BCUT2D eigenvalue weighted by atomic mass is 15.0. The number of rotatable bonds is 5. The minimum Gasteiger partial charge on any atom is -0.307 e. The Kier molecular flexibility index (Phi) is 4.61. The van der Waals surface area contributed by atoms with Crippen molar-refractivity contribution in [3.8, 4) is 0 Å². The molecule has 0 radical (unpaired) electrons. The van der Waals surface area contributed by atoms with Gasteiger partial charge in [0.05, 0.1) is 0 Å². The highest BCUT2D eigenvalue weighted by Crippen LogP contribution is 2.28. The maximum Gasteiger partial charge on any atom is 0.0322 e. The lowest BCUT2D eigenvalue weighted by atomic mass is 9.98. The predicted octanol–water partition coefficient (Wildman–Crippen LogP) is 4.31. The predicted molar refractivity (Wildman–Crippen MR) is 74.0 cm³/mol. The molecule has 0 amide bonds. The third-order valence-corrected chi connectivity index (χ3v) is 4.06. The molecule has 1 saturated carbocycles. The molecule has 1 N–H and O–H groups in total. The summed E-state index contributed by atoms with van der Waals surface area (Å²) in [6.45, 7) is 4.66. The Labute approximate surface area is 106 Å². The van der Waals surface area contributed by atoms with Crippen molar-refractivity contribution in [3.63, 3.8) is 0 Å². The van der Waals surface area contributed by atoms with Crippen LogP contribution in [0.2, 0.25) is 0 Å². The lowest BCUT2D eigenvalue weighted by molar-refractivity contribution is 0.362. The summed E-state index contributed by atoms with van der Waals surface area (Å²) in [5.74, 6) is 0.845. The van der Waals surface area contributed by atoms with E-state index in [0.717, 1.165) is 12.0 Å². The molecule has 3 unspecified atom stereocenters. The van der Waals surface area contributed by atoms with E-state index in [1.807, 2.05) is 0 Å². The number of hydrogen-bond donors (Lipinski definition) is 1. The van der Waals surface area contributed by atoms with Crippen LogP contribution >= 0.6 is 0 Å². The van der Waals surface area contributed by atoms with Gasteiger partial charge >= 0.3 is 0 Å². The van der Waals surface area contributed by atoms with Crippen LogP contribution in [-0.2, 0) is 0 Å². The van der Waals surface area contributed by atoms with Crippen molar-refractivity contribution >= 4 is 0 Å². The zero-order chi connectivity index (χ0) is 12.1. The third-order valence-electron chi connectivity index (χ3n) is 4.06. The van der Waals surface area contributed by atoms with Crippen molar-refractivity contribution < 1.29 is 0 Å². The van der Waals surface area contributed by atoms with Gasteiger partial charge in [-0.25, -0.2) is 0 Å². The Bertz CT molecular complexity index is 320. The van der Waals surface area contributed by atoms with E-state index >= 15 is 0 Å². The molecule has 1 aliphatic rings. The first-order valence-electron chi connectivity index (χ1n) is 7.12. The standard InChI is InChI=1S/C16H25N/c1-3-8-16(14-10-5-4-6-11-14)17-15-12-7-9-13(15)2/h4-6,10-11,13,15-17H,3,7-9,12H2,1-2H3. The summed E-state index contributed by atoms with van der Waals surface area (Å²) in [5.41, 5.74) is 1.45. The second-order valence-electron chi connectivity index (χ2n) is 5.43. The Balaban J connectivity index is 2.02. The van der Waals surface area contributed by atoms with Gasteiger partial charge in [-0.05, 0) is 30.7 Å². The average molecular weight is 231 g/mol. The quantitative estimate of drug-likeness (QED) is 0.796. The van der Waals surface area contributed by atoms with Crippen LogP contribution in [0.25, 0.3) is 0 Å². The van der Waals surface area contributed by atoms with Crippen LogP contribution in [0.15, 0.2) is 30.3 Å². The van der Waals surface area contributed by atoms with E-state index in [4.69, 9.17) is 0 Å². The van der Waals surface area contributed by atoms with E-state index in [2.05, 4.69) is 49.5 Å². The van der Waals surface area contributed by atoms with Gasteiger partial charge in [-0.15, -0.1) is 0 Å². The lowest BCUT2D eigenvalue weighted by Gasteiger charge is -2.26. The molecule has 1 aromatic rings. The maximum atomic E-state index is 3.88. The topological polar surface area (TPSA) is 12.0 Å². The van der Waals surface area contributed by atoms with E-state index in [1.165, 1.54) is 37.7 Å². The molecule has 0 aliphatic heterocycles. The fourth-order valence-electron chi connectivity index (χ4n) is 2.97. The summed E-state index contributed by atoms with van der Waals surface area (Å²) in [7, 11) is 0. The molecule has 1 heteroatoms. The van der Waals surface area contributed by atoms with Gasteiger partial charge in [0, 0.05) is 12.1 Å². The Hall–Kier alpha value is -0.820. The summed E-state index contributed by atoms with van der Waals surface area (Å²) in [6, 6.07) is 12.2. The fourth-order valence-corrected chi connectivity index (χ4v) is 2.97. The van der Waals surface area contributed by atoms with Gasteiger partial charge in [0.2, 0.25) is 0 Å². The highest BCUT2D eigenvalue weighted by molar-refractivity contribution is 5.19. The first kappa shape index (κ1) is 12.6.